The minimum absolute atomic E-state index is 0.376. The zero-order chi connectivity index (χ0) is 9.26. The molecule has 13 heavy (non-hydrogen) atoms. The van der Waals surface area contributed by atoms with Crippen molar-refractivity contribution in [2.24, 2.45) is 5.73 Å². The van der Waals surface area contributed by atoms with Gasteiger partial charge in [0.15, 0.2) is 0 Å². The Morgan fingerprint density at radius 2 is 2.23 bits per heavy atom. The van der Waals surface area contributed by atoms with Gasteiger partial charge in [0, 0.05) is 12.2 Å². The average Bonchev–Trinajstić information content (AvgIpc) is 2.53. The molecular weight excluding hydrogens is 184 g/mol. The topological polar surface area (TPSA) is 38.9 Å². The van der Waals surface area contributed by atoms with Gasteiger partial charge in [-0.1, -0.05) is 17.7 Å². The molecule has 1 aromatic heterocycles. The predicted octanol–water partition coefficient (Wildman–Crippen LogP) is 2.33. The van der Waals surface area contributed by atoms with E-state index in [1.807, 2.05) is 12.3 Å². The number of halogens is 1. The molecule has 1 fully saturated rings. The van der Waals surface area contributed by atoms with Crippen LogP contribution in [0.2, 0.25) is 5.15 Å². The SMILES string of the molecule is NC1CCC(c2ccc(Cl)nc2)C1. The molecule has 1 heterocycles. The van der Waals surface area contributed by atoms with Gasteiger partial charge in [-0.2, -0.15) is 0 Å². The van der Waals surface area contributed by atoms with Gasteiger partial charge in [0.25, 0.3) is 0 Å². The Kier molecular flexibility index (Phi) is 2.51. The molecule has 2 rings (SSSR count). The molecule has 0 radical (unpaired) electrons. The summed E-state index contributed by atoms with van der Waals surface area (Å²) < 4.78 is 0. The third kappa shape index (κ3) is 2.01. The number of hydrogen-bond donors (Lipinski definition) is 1. The van der Waals surface area contributed by atoms with E-state index >= 15 is 0 Å². The Morgan fingerprint density at radius 1 is 1.38 bits per heavy atom. The van der Waals surface area contributed by atoms with Crippen molar-refractivity contribution in [2.45, 2.75) is 31.2 Å². The molecular formula is C10H13ClN2. The van der Waals surface area contributed by atoms with Crippen LogP contribution in [0.3, 0.4) is 0 Å². The maximum absolute atomic E-state index is 5.85. The molecule has 1 aliphatic rings. The maximum atomic E-state index is 5.85. The number of pyridine rings is 1. The van der Waals surface area contributed by atoms with Gasteiger partial charge in [-0.05, 0) is 36.8 Å². The number of nitrogens with two attached hydrogens (primary N) is 1. The number of aromatic nitrogens is 1. The van der Waals surface area contributed by atoms with Crippen molar-refractivity contribution in [3.8, 4) is 0 Å². The summed E-state index contributed by atoms with van der Waals surface area (Å²) in [5.74, 6) is 0.597. The molecule has 0 saturated heterocycles. The molecule has 0 amide bonds. The summed E-state index contributed by atoms with van der Waals surface area (Å²) in [5, 5.41) is 0.561. The second kappa shape index (κ2) is 3.64. The van der Waals surface area contributed by atoms with Gasteiger partial charge >= 0.3 is 0 Å². The van der Waals surface area contributed by atoms with Gasteiger partial charge < -0.3 is 5.73 Å². The van der Waals surface area contributed by atoms with E-state index in [0.717, 1.165) is 12.8 Å². The van der Waals surface area contributed by atoms with Crippen LogP contribution in [0.25, 0.3) is 0 Å². The molecule has 1 aliphatic carbocycles. The summed E-state index contributed by atoms with van der Waals surface area (Å²) in [6, 6.07) is 4.28. The Morgan fingerprint density at radius 3 is 2.77 bits per heavy atom. The van der Waals surface area contributed by atoms with E-state index in [2.05, 4.69) is 11.1 Å². The minimum Gasteiger partial charge on any atom is -0.328 e. The second-order valence-corrected chi connectivity index (χ2v) is 4.07. The van der Waals surface area contributed by atoms with Crippen molar-refractivity contribution in [3.63, 3.8) is 0 Å². The largest absolute Gasteiger partial charge is 0.328 e. The number of rotatable bonds is 1. The fourth-order valence-corrected chi connectivity index (χ4v) is 2.06. The first-order valence-corrected chi connectivity index (χ1v) is 5.00. The lowest BCUT2D eigenvalue weighted by molar-refractivity contribution is 0.673. The van der Waals surface area contributed by atoms with Crippen molar-refractivity contribution in [2.75, 3.05) is 0 Å². The minimum atomic E-state index is 0.376. The van der Waals surface area contributed by atoms with Gasteiger partial charge in [-0.3, -0.25) is 0 Å². The van der Waals surface area contributed by atoms with Gasteiger partial charge in [-0.25, -0.2) is 4.98 Å². The normalized spacial score (nSPS) is 27.8. The molecule has 0 spiro atoms. The Balaban J connectivity index is 2.13. The van der Waals surface area contributed by atoms with Crippen LogP contribution in [0.15, 0.2) is 18.3 Å². The molecule has 70 valence electrons. The third-order valence-electron chi connectivity index (χ3n) is 2.69. The predicted molar refractivity (Wildman–Crippen MR) is 53.8 cm³/mol. The molecule has 2 unspecified atom stereocenters. The summed E-state index contributed by atoms with van der Waals surface area (Å²) >= 11 is 5.71. The molecule has 1 saturated carbocycles. The first-order valence-electron chi connectivity index (χ1n) is 4.63. The fourth-order valence-electron chi connectivity index (χ4n) is 1.95. The van der Waals surface area contributed by atoms with Crippen molar-refractivity contribution in [1.29, 1.82) is 0 Å². The summed E-state index contributed by atoms with van der Waals surface area (Å²) in [6.45, 7) is 0. The molecule has 2 nitrogen and oxygen atoms in total. The molecule has 2 atom stereocenters. The van der Waals surface area contributed by atoms with Crippen LogP contribution in [-0.2, 0) is 0 Å². The highest BCUT2D eigenvalue weighted by molar-refractivity contribution is 6.29. The molecule has 0 aliphatic heterocycles. The van der Waals surface area contributed by atoms with Gasteiger partial charge in [-0.15, -0.1) is 0 Å². The lowest BCUT2D eigenvalue weighted by Crippen LogP contribution is -2.14. The number of hydrogen-bond acceptors (Lipinski definition) is 2. The zero-order valence-electron chi connectivity index (χ0n) is 7.41. The van der Waals surface area contributed by atoms with Crippen LogP contribution in [-0.4, -0.2) is 11.0 Å². The summed E-state index contributed by atoms with van der Waals surface area (Å²) in [7, 11) is 0. The molecule has 2 N–H and O–H groups in total. The smallest absolute Gasteiger partial charge is 0.129 e. The molecule has 0 bridgehead atoms. The highest BCUT2D eigenvalue weighted by Crippen LogP contribution is 2.33. The lowest BCUT2D eigenvalue weighted by Gasteiger charge is -2.08. The van der Waals surface area contributed by atoms with Crippen molar-refractivity contribution >= 4 is 11.6 Å². The van der Waals surface area contributed by atoms with E-state index in [0.29, 0.717) is 17.1 Å². The van der Waals surface area contributed by atoms with E-state index in [-0.39, 0.29) is 0 Å². The van der Waals surface area contributed by atoms with Crippen LogP contribution in [0.4, 0.5) is 0 Å². The highest BCUT2D eigenvalue weighted by Gasteiger charge is 2.22. The van der Waals surface area contributed by atoms with E-state index in [9.17, 15) is 0 Å². The van der Waals surface area contributed by atoms with Crippen LogP contribution >= 0.6 is 11.6 Å². The zero-order valence-corrected chi connectivity index (χ0v) is 8.17. The first-order chi connectivity index (χ1) is 6.25. The van der Waals surface area contributed by atoms with Crippen molar-refractivity contribution in [3.05, 3.63) is 29.0 Å². The maximum Gasteiger partial charge on any atom is 0.129 e. The van der Waals surface area contributed by atoms with E-state index in [1.54, 1.807) is 0 Å². The summed E-state index contributed by atoms with van der Waals surface area (Å²) in [4.78, 5) is 4.07. The molecule has 3 heteroatoms. The molecule has 1 aromatic rings. The van der Waals surface area contributed by atoms with E-state index < -0.39 is 0 Å². The standard InChI is InChI=1S/C10H13ClN2/c11-10-4-2-8(6-13-10)7-1-3-9(12)5-7/h2,4,6-7,9H,1,3,5,12H2. The van der Waals surface area contributed by atoms with Crippen molar-refractivity contribution < 1.29 is 0 Å². The van der Waals surface area contributed by atoms with Crippen LogP contribution in [0.1, 0.15) is 30.7 Å². The number of nitrogens with zero attached hydrogens (tertiary/aromatic N) is 1. The lowest BCUT2D eigenvalue weighted by atomic mass is 9.99. The average molecular weight is 197 g/mol. The van der Waals surface area contributed by atoms with E-state index in [1.165, 1.54) is 12.0 Å². The fraction of sp³-hybridized carbons (Fsp3) is 0.500. The van der Waals surface area contributed by atoms with Gasteiger partial charge in [0.2, 0.25) is 0 Å². The highest BCUT2D eigenvalue weighted by atomic mass is 35.5. The van der Waals surface area contributed by atoms with Gasteiger partial charge in [0.05, 0.1) is 0 Å². The Bertz CT molecular complexity index is 283. The van der Waals surface area contributed by atoms with Crippen molar-refractivity contribution in [1.82, 2.24) is 4.98 Å². The molecule has 0 aromatic carbocycles. The quantitative estimate of drug-likeness (QED) is 0.701. The first kappa shape index (κ1) is 8.97. The Hall–Kier alpha value is -0.600. The monoisotopic (exact) mass is 196 g/mol. The summed E-state index contributed by atoms with van der Waals surface area (Å²) in [5.41, 5.74) is 7.12. The van der Waals surface area contributed by atoms with Crippen LogP contribution < -0.4 is 5.73 Å². The second-order valence-electron chi connectivity index (χ2n) is 3.68. The van der Waals surface area contributed by atoms with Gasteiger partial charge in [0.1, 0.15) is 5.15 Å². The van der Waals surface area contributed by atoms with E-state index in [4.69, 9.17) is 17.3 Å². The van der Waals surface area contributed by atoms with Crippen LogP contribution in [0.5, 0.6) is 0 Å². The third-order valence-corrected chi connectivity index (χ3v) is 2.92. The van der Waals surface area contributed by atoms with Crippen LogP contribution in [0, 0.1) is 0 Å². The summed E-state index contributed by atoms with van der Waals surface area (Å²) in [6.07, 6.45) is 5.27. The Labute approximate surface area is 83.1 Å².